The van der Waals surface area contributed by atoms with Crippen molar-refractivity contribution in [3.8, 4) is 0 Å². The molecule has 0 aliphatic heterocycles. The van der Waals surface area contributed by atoms with Gasteiger partial charge in [0.2, 0.25) is 5.91 Å². The van der Waals surface area contributed by atoms with E-state index in [0.29, 0.717) is 6.54 Å². The molecule has 0 radical (unpaired) electrons. The molecule has 0 rings (SSSR count). The lowest BCUT2D eigenvalue weighted by Crippen LogP contribution is -2.41. The molecule has 1 atom stereocenters. The van der Waals surface area contributed by atoms with Gasteiger partial charge in [0.25, 0.3) is 0 Å². The monoisotopic (exact) mass is 187 g/mol. The fraction of sp³-hybridized carbons (Fsp3) is 0.750. The molecule has 0 aliphatic carbocycles. The summed E-state index contributed by atoms with van der Waals surface area (Å²) in [6, 6.07) is -0.184. The molecule has 0 saturated carbocycles. The van der Waals surface area contributed by atoms with Crippen LogP contribution in [0.25, 0.3) is 0 Å². The smallest absolute Gasteiger partial charge is 0.316 e. The second kappa shape index (κ2) is 5.40. The van der Waals surface area contributed by atoms with Gasteiger partial charge in [-0.25, -0.2) is 4.79 Å². The van der Waals surface area contributed by atoms with Crippen LogP contribution < -0.4 is 10.6 Å². The average Bonchev–Trinajstić information content (AvgIpc) is 2.14. The minimum absolute atomic E-state index is 0.0595. The van der Waals surface area contributed by atoms with E-state index in [0.717, 1.165) is 0 Å². The Morgan fingerprint density at radius 3 is 2.23 bits per heavy atom. The van der Waals surface area contributed by atoms with Crippen LogP contribution in [0.2, 0.25) is 0 Å². The third-order valence-electron chi connectivity index (χ3n) is 1.80. The molecule has 0 aromatic carbocycles. The van der Waals surface area contributed by atoms with Crippen molar-refractivity contribution in [2.45, 2.75) is 6.92 Å². The van der Waals surface area contributed by atoms with Crippen LogP contribution in [0, 0.1) is 5.92 Å². The molecule has 0 aromatic rings. The molecule has 0 bridgehead atoms. The highest BCUT2D eigenvalue weighted by Gasteiger charge is 2.15. The van der Waals surface area contributed by atoms with E-state index in [9.17, 15) is 9.59 Å². The molecule has 0 aliphatic rings. The SMILES string of the molecule is CNC(=O)C(C)CN(C)C(=O)NC. The van der Waals surface area contributed by atoms with Crippen molar-refractivity contribution < 1.29 is 9.59 Å². The molecular weight excluding hydrogens is 170 g/mol. The number of amides is 3. The molecule has 2 N–H and O–H groups in total. The number of urea groups is 1. The lowest BCUT2D eigenvalue weighted by molar-refractivity contribution is -0.124. The Hall–Kier alpha value is -1.26. The quantitative estimate of drug-likeness (QED) is 0.634. The molecule has 5 nitrogen and oxygen atoms in total. The number of hydrogen-bond donors (Lipinski definition) is 2. The van der Waals surface area contributed by atoms with Gasteiger partial charge in [0.05, 0.1) is 5.92 Å². The van der Waals surface area contributed by atoms with Crippen molar-refractivity contribution in [3.05, 3.63) is 0 Å². The van der Waals surface area contributed by atoms with Crippen LogP contribution in [0.15, 0.2) is 0 Å². The van der Waals surface area contributed by atoms with E-state index in [-0.39, 0.29) is 17.9 Å². The third kappa shape index (κ3) is 3.78. The summed E-state index contributed by atoms with van der Waals surface area (Å²) in [5.74, 6) is -0.247. The van der Waals surface area contributed by atoms with Gasteiger partial charge in [-0.2, -0.15) is 0 Å². The predicted octanol–water partition coefficient (Wildman–Crippen LogP) is -0.360. The van der Waals surface area contributed by atoms with Crippen LogP contribution in [-0.2, 0) is 4.79 Å². The maximum Gasteiger partial charge on any atom is 0.316 e. The van der Waals surface area contributed by atoms with Crippen molar-refractivity contribution in [1.82, 2.24) is 15.5 Å². The predicted molar refractivity (Wildman–Crippen MR) is 50.3 cm³/mol. The molecule has 3 amide bonds. The number of rotatable bonds is 3. The highest BCUT2D eigenvalue weighted by Crippen LogP contribution is 1.97. The van der Waals surface area contributed by atoms with E-state index >= 15 is 0 Å². The van der Waals surface area contributed by atoms with E-state index in [1.54, 1.807) is 28.1 Å². The second-order valence-corrected chi connectivity index (χ2v) is 2.95. The number of carbonyl (C=O) groups is 2. The first-order chi connectivity index (χ1) is 6.02. The molecule has 13 heavy (non-hydrogen) atoms. The van der Waals surface area contributed by atoms with Crippen LogP contribution in [0.3, 0.4) is 0 Å². The lowest BCUT2D eigenvalue weighted by atomic mass is 10.1. The summed E-state index contributed by atoms with van der Waals surface area (Å²) in [6.45, 7) is 2.19. The van der Waals surface area contributed by atoms with Gasteiger partial charge in [0.1, 0.15) is 0 Å². The minimum atomic E-state index is -0.188. The van der Waals surface area contributed by atoms with Crippen molar-refractivity contribution in [3.63, 3.8) is 0 Å². The van der Waals surface area contributed by atoms with E-state index < -0.39 is 0 Å². The van der Waals surface area contributed by atoms with Crippen molar-refractivity contribution >= 4 is 11.9 Å². The number of hydrogen-bond acceptors (Lipinski definition) is 2. The Morgan fingerprint density at radius 2 is 1.85 bits per heavy atom. The highest BCUT2D eigenvalue weighted by molar-refractivity contribution is 5.79. The van der Waals surface area contributed by atoms with Gasteiger partial charge in [0, 0.05) is 27.7 Å². The highest BCUT2D eigenvalue weighted by atomic mass is 16.2. The largest absolute Gasteiger partial charge is 0.359 e. The zero-order chi connectivity index (χ0) is 10.4. The van der Waals surface area contributed by atoms with Gasteiger partial charge in [-0.3, -0.25) is 4.79 Å². The fourth-order valence-electron chi connectivity index (χ4n) is 1.01. The Labute approximate surface area is 78.5 Å². The Balaban J connectivity index is 3.98. The first kappa shape index (κ1) is 11.7. The van der Waals surface area contributed by atoms with Gasteiger partial charge in [-0.05, 0) is 0 Å². The Bertz CT molecular complexity index is 174. The van der Waals surface area contributed by atoms with Crippen LogP contribution >= 0.6 is 0 Å². The van der Waals surface area contributed by atoms with Gasteiger partial charge >= 0.3 is 6.03 Å². The third-order valence-corrected chi connectivity index (χ3v) is 1.80. The fourth-order valence-corrected chi connectivity index (χ4v) is 1.01. The lowest BCUT2D eigenvalue weighted by Gasteiger charge is -2.19. The molecule has 0 spiro atoms. The minimum Gasteiger partial charge on any atom is -0.359 e. The second-order valence-electron chi connectivity index (χ2n) is 2.95. The summed E-state index contributed by atoms with van der Waals surface area (Å²) < 4.78 is 0. The first-order valence-corrected chi connectivity index (χ1v) is 4.17. The van der Waals surface area contributed by atoms with E-state index in [2.05, 4.69) is 10.6 Å². The Morgan fingerprint density at radius 1 is 1.31 bits per heavy atom. The molecule has 0 saturated heterocycles. The van der Waals surface area contributed by atoms with Crippen molar-refractivity contribution in [2.75, 3.05) is 27.7 Å². The van der Waals surface area contributed by atoms with E-state index in [1.807, 2.05) is 0 Å². The van der Waals surface area contributed by atoms with Gasteiger partial charge < -0.3 is 15.5 Å². The summed E-state index contributed by atoms with van der Waals surface area (Å²) >= 11 is 0. The molecule has 76 valence electrons. The van der Waals surface area contributed by atoms with Gasteiger partial charge in [-0.1, -0.05) is 6.92 Å². The molecule has 0 heterocycles. The molecular formula is C8H17N3O2. The standard InChI is InChI=1S/C8H17N3O2/c1-6(7(12)9-2)5-11(4)8(13)10-3/h6H,5H2,1-4H3,(H,9,12)(H,10,13). The Kier molecular flexibility index (Phi) is 4.87. The summed E-state index contributed by atoms with van der Waals surface area (Å²) in [4.78, 5) is 23.6. The summed E-state index contributed by atoms with van der Waals surface area (Å²) in [7, 11) is 4.79. The summed E-state index contributed by atoms with van der Waals surface area (Å²) in [5, 5.41) is 5.01. The molecule has 0 aromatic heterocycles. The summed E-state index contributed by atoms with van der Waals surface area (Å²) in [6.07, 6.45) is 0. The van der Waals surface area contributed by atoms with Gasteiger partial charge in [-0.15, -0.1) is 0 Å². The molecule has 5 heteroatoms. The zero-order valence-electron chi connectivity index (χ0n) is 8.55. The van der Waals surface area contributed by atoms with E-state index in [4.69, 9.17) is 0 Å². The van der Waals surface area contributed by atoms with Crippen LogP contribution in [0.1, 0.15) is 6.92 Å². The number of carbonyl (C=O) groups excluding carboxylic acids is 2. The average molecular weight is 187 g/mol. The molecule has 1 unspecified atom stereocenters. The van der Waals surface area contributed by atoms with Crippen molar-refractivity contribution in [1.29, 1.82) is 0 Å². The molecule has 0 fully saturated rings. The zero-order valence-corrected chi connectivity index (χ0v) is 8.55. The first-order valence-electron chi connectivity index (χ1n) is 4.17. The normalized spacial score (nSPS) is 11.7. The van der Waals surface area contributed by atoms with Crippen LogP contribution in [-0.4, -0.2) is 44.5 Å². The maximum atomic E-state index is 11.1. The van der Waals surface area contributed by atoms with E-state index in [1.165, 1.54) is 4.90 Å². The summed E-state index contributed by atoms with van der Waals surface area (Å²) in [5.41, 5.74) is 0. The number of nitrogens with zero attached hydrogens (tertiary/aromatic N) is 1. The van der Waals surface area contributed by atoms with Gasteiger partial charge in [0.15, 0.2) is 0 Å². The number of nitrogens with one attached hydrogen (secondary N) is 2. The maximum absolute atomic E-state index is 11.1. The van der Waals surface area contributed by atoms with Crippen LogP contribution in [0.4, 0.5) is 4.79 Å². The topological polar surface area (TPSA) is 61.4 Å². The van der Waals surface area contributed by atoms with Crippen molar-refractivity contribution in [2.24, 2.45) is 5.92 Å². The van der Waals surface area contributed by atoms with Crippen LogP contribution in [0.5, 0.6) is 0 Å².